The molecular weight excluding hydrogens is 416 g/mol. The maximum absolute atomic E-state index is 12.1. The maximum atomic E-state index is 12.1. The average molecular weight is 429 g/mol. The topological polar surface area (TPSA) is 97.7 Å². The lowest BCUT2D eigenvalue weighted by atomic mass is 10.1. The van der Waals surface area contributed by atoms with Crippen LogP contribution < -0.4 is 14.8 Å². The molecule has 7 nitrogen and oxygen atoms in total. The number of esters is 1. The third-order valence-electron chi connectivity index (χ3n) is 3.53. The van der Waals surface area contributed by atoms with Gasteiger partial charge >= 0.3 is 5.97 Å². The van der Waals surface area contributed by atoms with Gasteiger partial charge in [0, 0.05) is 4.47 Å². The van der Waals surface area contributed by atoms with Crippen LogP contribution in [-0.4, -0.2) is 25.3 Å². The van der Waals surface area contributed by atoms with Crippen LogP contribution in [0, 0.1) is 11.3 Å². The Bertz CT molecular complexity index is 965. The van der Waals surface area contributed by atoms with Gasteiger partial charge in [0.1, 0.15) is 11.6 Å². The van der Waals surface area contributed by atoms with Crippen molar-refractivity contribution in [1.29, 1.82) is 5.26 Å². The quantitative estimate of drug-likeness (QED) is 0.445. The maximum Gasteiger partial charge on any atom is 0.349 e. The summed E-state index contributed by atoms with van der Waals surface area (Å²) in [6, 6.07) is 13.8. The summed E-state index contributed by atoms with van der Waals surface area (Å²) in [5, 5.41) is 11.8. The van der Waals surface area contributed by atoms with Crippen molar-refractivity contribution in [2.45, 2.75) is 0 Å². The summed E-state index contributed by atoms with van der Waals surface area (Å²) < 4.78 is 16.1. The molecule has 27 heavy (non-hydrogen) atoms. The number of halogens is 1. The molecule has 1 N–H and O–H groups in total. The minimum Gasteiger partial charge on any atom is -0.454 e. The second kappa shape index (κ2) is 8.38. The third-order valence-corrected chi connectivity index (χ3v) is 4.22. The molecule has 0 bridgehead atoms. The van der Waals surface area contributed by atoms with Gasteiger partial charge in [0.2, 0.25) is 6.79 Å². The van der Waals surface area contributed by atoms with E-state index in [1.165, 1.54) is 6.08 Å². The van der Waals surface area contributed by atoms with Gasteiger partial charge in [0.05, 0.1) is 5.69 Å². The number of amides is 1. The molecule has 0 radical (unpaired) electrons. The van der Waals surface area contributed by atoms with Gasteiger partial charge in [0.25, 0.3) is 5.91 Å². The van der Waals surface area contributed by atoms with Gasteiger partial charge in [-0.25, -0.2) is 4.79 Å². The molecular formula is C19H13BrN2O5. The van der Waals surface area contributed by atoms with E-state index in [-0.39, 0.29) is 12.4 Å². The molecule has 2 aromatic carbocycles. The number of hydrogen-bond donors (Lipinski definition) is 1. The average Bonchev–Trinajstić information content (AvgIpc) is 3.14. The predicted octanol–water partition coefficient (Wildman–Crippen LogP) is 3.27. The zero-order chi connectivity index (χ0) is 19.2. The SMILES string of the molecule is N#C/C(=C\c1ccc2c(c1)OCO2)C(=O)OCC(=O)Nc1ccccc1Br. The first-order chi connectivity index (χ1) is 13.1. The van der Waals surface area contributed by atoms with Crippen LogP contribution in [0.4, 0.5) is 5.69 Å². The normalized spacial score (nSPS) is 12.2. The Morgan fingerprint density at radius 2 is 2.00 bits per heavy atom. The molecule has 0 atom stereocenters. The van der Waals surface area contributed by atoms with Gasteiger partial charge in [-0.2, -0.15) is 5.26 Å². The summed E-state index contributed by atoms with van der Waals surface area (Å²) in [4.78, 5) is 24.0. The van der Waals surface area contributed by atoms with Crippen LogP contribution >= 0.6 is 15.9 Å². The van der Waals surface area contributed by atoms with Crippen LogP contribution in [0.15, 0.2) is 52.5 Å². The van der Waals surface area contributed by atoms with E-state index in [0.29, 0.717) is 27.2 Å². The smallest absolute Gasteiger partial charge is 0.349 e. The van der Waals surface area contributed by atoms with E-state index in [0.717, 1.165) is 0 Å². The van der Waals surface area contributed by atoms with Crippen molar-refractivity contribution in [2.75, 3.05) is 18.7 Å². The summed E-state index contributed by atoms with van der Waals surface area (Å²) in [6.45, 7) is -0.386. The van der Waals surface area contributed by atoms with Gasteiger partial charge in [-0.15, -0.1) is 0 Å². The van der Waals surface area contributed by atoms with Gasteiger partial charge in [-0.3, -0.25) is 4.79 Å². The molecule has 0 aliphatic carbocycles. The van der Waals surface area contributed by atoms with E-state index in [2.05, 4.69) is 21.2 Å². The second-order valence-corrected chi connectivity index (χ2v) is 6.24. The van der Waals surface area contributed by atoms with Crippen LogP contribution in [0.2, 0.25) is 0 Å². The molecule has 1 aliphatic rings. The number of ether oxygens (including phenoxy) is 3. The molecule has 0 spiro atoms. The minimum atomic E-state index is -0.891. The number of carbonyl (C=O) groups is 2. The Kier molecular flexibility index (Phi) is 5.74. The predicted molar refractivity (Wildman–Crippen MR) is 99.9 cm³/mol. The molecule has 2 aromatic rings. The molecule has 1 aliphatic heterocycles. The molecule has 1 heterocycles. The summed E-state index contributed by atoms with van der Waals surface area (Å²) in [5.74, 6) is -0.285. The first kappa shape index (κ1) is 18.5. The van der Waals surface area contributed by atoms with Crippen molar-refractivity contribution in [3.8, 4) is 17.6 Å². The lowest BCUT2D eigenvalue weighted by Crippen LogP contribution is -2.21. The number of anilines is 1. The molecule has 136 valence electrons. The Morgan fingerprint density at radius 3 is 2.78 bits per heavy atom. The minimum absolute atomic E-state index is 0.127. The van der Waals surface area contributed by atoms with Crippen LogP contribution in [0.3, 0.4) is 0 Å². The van der Waals surface area contributed by atoms with Crippen LogP contribution in [-0.2, 0) is 14.3 Å². The van der Waals surface area contributed by atoms with Crippen molar-refractivity contribution >= 4 is 39.6 Å². The molecule has 3 rings (SSSR count). The number of para-hydroxylation sites is 1. The van der Waals surface area contributed by atoms with Crippen molar-refractivity contribution in [1.82, 2.24) is 0 Å². The van der Waals surface area contributed by atoms with E-state index >= 15 is 0 Å². The highest BCUT2D eigenvalue weighted by Gasteiger charge is 2.16. The fraction of sp³-hybridized carbons (Fsp3) is 0.105. The standard InChI is InChI=1S/C19H13BrN2O5/c20-14-3-1-2-4-15(14)22-18(23)10-25-19(24)13(9-21)7-12-5-6-16-17(8-12)27-11-26-16/h1-8H,10-11H2,(H,22,23)/b13-7+. The van der Waals surface area contributed by atoms with Crippen LogP contribution in [0.5, 0.6) is 11.5 Å². The number of rotatable bonds is 5. The molecule has 0 saturated heterocycles. The molecule has 8 heteroatoms. The first-order valence-electron chi connectivity index (χ1n) is 7.80. The number of nitrogens with one attached hydrogen (secondary N) is 1. The number of fused-ring (bicyclic) bond motifs is 1. The fourth-order valence-electron chi connectivity index (χ4n) is 2.26. The summed E-state index contributed by atoms with van der Waals surface area (Å²) in [7, 11) is 0. The van der Waals surface area contributed by atoms with E-state index in [9.17, 15) is 14.9 Å². The lowest BCUT2D eigenvalue weighted by Gasteiger charge is -2.07. The highest BCUT2D eigenvalue weighted by molar-refractivity contribution is 9.10. The Balaban J connectivity index is 1.61. The van der Waals surface area contributed by atoms with Crippen molar-refractivity contribution in [3.05, 3.63) is 58.1 Å². The van der Waals surface area contributed by atoms with Crippen molar-refractivity contribution < 1.29 is 23.8 Å². The van der Waals surface area contributed by atoms with Gasteiger partial charge in [-0.05, 0) is 51.8 Å². The van der Waals surface area contributed by atoms with Gasteiger partial charge in [0.15, 0.2) is 18.1 Å². The summed E-state index contributed by atoms with van der Waals surface area (Å²) in [5.41, 5.74) is 0.892. The molecule has 0 unspecified atom stereocenters. The summed E-state index contributed by atoms with van der Waals surface area (Å²) >= 11 is 3.30. The lowest BCUT2D eigenvalue weighted by molar-refractivity contribution is -0.142. The first-order valence-corrected chi connectivity index (χ1v) is 8.59. The molecule has 0 fully saturated rings. The van der Waals surface area contributed by atoms with Gasteiger partial charge in [-0.1, -0.05) is 18.2 Å². The van der Waals surface area contributed by atoms with Crippen LogP contribution in [0.1, 0.15) is 5.56 Å². The number of nitrogens with zero attached hydrogens (tertiary/aromatic N) is 1. The van der Waals surface area contributed by atoms with Gasteiger partial charge < -0.3 is 19.5 Å². The van der Waals surface area contributed by atoms with Crippen molar-refractivity contribution in [2.24, 2.45) is 0 Å². The molecule has 1 amide bonds. The Labute approximate surface area is 163 Å². The fourth-order valence-corrected chi connectivity index (χ4v) is 2.65. The van der Waals surface area contributed by atoms with E-state index < -0.39 is 18.5 Å². The zero-order valence-corrected chi connectivity index (χ0v) is 15.5. The van der Waals surface area contributed by atoms with E-state index in [1.54, 1.807) is 48.5 Å². The summed E-state index contributed by atoms with van der Waals surface area (Å²) in [6.07, 6.45) is 1.36. The Hall–Kier alpha value is -3.31. The number of benzene rings is 2. The number of carbonyl (C=O) groups excluding carboxylic acids is 2. The second-order valence-electron chi connectivity index (χ2n) is 5.39. The molecule has 0 saturated carbocycles. The number of nitriles is 1. The Morgan fingerprint density at radius 1 is 1.22 bits per heavy atom. The zero-order valence-electron chi connectivity index (χ0n) is 13.9. The largest absolute Gasteiger partial charge is 0.454 e. The van der Waals surface area contributed by atoms with Crippen molar-refractivity contribution in [3.63, 3.8) is 0 Å². The third kappa shape index (κ3) is 4.65. The van der Waals surface area contributed by atoms with E-state index in [1.807, 2.05) is 0 Å². The number of hydrogen-bond acceptors (Lipinski definition) is 6. The van der Waals surface area contributed by atoms with E-state index in [4.69, 9.17) is 14.2 Å². The highest BCUT2D eigenvalue weighted by Crippen LogP contribution is 2.33. The highest BCUT2D eigenvalue weighted by atomic mass is 79.9. The molecule has 0 aromatic heterocycles. The van der Waals surface area contributed by atoms with Crippen LogP contribution in [0.25, 0.3) is 6.08 Å². The monoisotopic (exact) mass is 428 g/mol.